The number of rotatable bonds is 3. The third kappa shape index (κ3) is 4.23. The number of nitrogens with zero attached hydrogens (tertiary/aromatic N) is 3. The van der Waals surface area contributed by atoms with Gasteiger partial charge in [0.25, 0.3) is 5.91 Å². The van der Waals surface area contributed by atoms with Gasteiger partial charge < -0.3 is 10.2 Å². The summed E-state index contributed by atoms with van der Waals surface area (Å²) in [5.74, 6) is -0.399. The first-order valence-corrected chi connectivity index (χ1v) is 9.25. The smallest absolute Gasteiger partial charge is 0.345 e. The van der Waals surface area contributed by atoms with Crippen molar-refractivity contribution in [1.29, 1.82) is 5.26 Å². The van der Waals surface area contributed by atoms with E-state index in [1.165, 1.54) is 24.0 Å². The lowest BCUT2D eigenvalue weighted by atomic mass is 9.93. The van der Waals surface area contributed by atoms with Crippen LogP contribution < -0.4 is 10.2 Å². The van der Waals surface area contributed by atoms with Crippen molar-refractivity contribution in [3.63, 3.8) is 0 Å². The zero-order chi connectivity index (χ0) is 22.9. The average molecular weight is 428 g/mol. The van der Waals surface area contributed by atoms with E-state index in [-0.39, 0.29) is 17.0 Å². The number of benzene rings is 2. The van der Waals surface area contributed by atoms with Crippen molar-refractivity contribution in [3.05, 3.63) is 76.5 Å². The Morgan fingerprint density at radius 2 is 1.81 bits per heavy atom. The van der Waals surface area contributed by atoms with Gasteiger partial charge >= 0.3 is 12.2 Å². The van der Waals surface area contributed by atoms with E-state index in [0.29, 0.717) is 11.1 Å². The number of allylic oxidation sites excluding steroid dienone is 1. The molecule has 1 unspecified atom stereocenters. The lowest BCUT2D eigenvalue weighted by Crippen LogP contribution is -2.49. The molecule has 0 saturated carbocycles. The van der Waals surface area contributed by atoms with Crippen molar-refractivity contribution in [2.75, 3.05) is 19.0 Å². The number of carbonyl (C=O) groups excluding carboxylic acids is 2. The van der Waals surface area contributed by atoms with Gasteiger partial charge in [-0.1, -0.05) is 18.2 Å². The second kappa shape index (κ2) is 8.14. The molecule has 0 radical (unpaired) electrons. The highest BCUT2D eigenvalue weighted by atomic mass is 19.4. The summed E-state index contributed by atoms with van der Waals surface area (Å²) in [5.41, 5.74) is 0.508. The minimum Gasteiger partial charge on any atom is -0.345 e. The highest BCUT2D eigenvalue weighted by molar-refractivity contribution is 6.04. The number of nitrogens with one attached hydrogen (secondary N) is 1. The summed E-state index contributed by atoms with van der Waals surface area (Å²) in [5, 5.41) is 11.7. The Morgan fingerprint density at radius 3 is 2.35 bits per heavy atom. The molecule has 0 aliphatic carbocycles. The first-order chi connectivity index (χ1) is 14.5. The van der Waals surface area contributed by atoms with Crippen LogP contribution in [0.25, 0.3) is 0 Å². The van der Waals surface area contributed by atoms with E-state index < -0.39 is 29.7 Å². The van der Waals surface area contributed by atoms with Crippen molar-refractivity contribution in [1.82, 2.24) is 10.2 Å². The first kappa shape index (κ1) is 21.9. The van der Waals surface area contributed by atoms with Crippen LogP contribution in [0.2, 0.25) is 0 Å². The average Bonchev–Trinajstić information content (AvgIpc) is 2.72. The van der Waals surface area contributed by atoms with Crippen molar-refractivity contribution in [2.45, 2.75) is 19.1 Å². The van der Waals surface area contributed by atoms with Crippen molar-refractivity contribution < 1.29 is 22.8 Å². The molecule has 0 bridgehead atoms. The number of anilines is 1. The molecule has 160 valence electrons. The fourth-order valence-electron chi connectivity index (χ4n) is 3.39. The van der Waals surface area contributed by atoms with Crippen LogP contribution in [0.4, 0.5) is 23.7 Å². The minimum atomic E-state index is -4.58. The topological polar surface area (TPSA) is 76.4 Å². The minimum absolute atomic E-state index is 0.00726. The molecule has 1 atom stereocenters. The standard InChI is InChI=1S/C22H19F3N4O2/c1-13-18(20(30)28(2)3)19(15-9-7-14(12-26)8-10-15)27-21(31)29(13)17-6-4-5-16(11-17)22(23,24)25/h4-11,19H,1-3H3,(H,27,31). The maximum atomic E-state index is 13.2. The quantitative estimate of drug-likeness (QED) is 0.796. The van der Waals surface area contributed by atoms with Gasteiger partial charge in [0.1, 0.15) is 0 Å². The molecule has 3 amide bonds. The first-order valence-electron chi connectivity index (χ1n) is 9.25. The summed E-state index contributed by atoms with van der Waals surface area (Å²) in [6.45, 7) is 1.52. The number of urea groups is 1. The SMILES string of the molecule is CC1=C(C(=O)N(C)C)C(c2ccc(C#N)cc2)NC(=O)N1c1cccc(C(F)(F)F)c1. The van der Waals surface area contributed by atoms with Gasteiger partial charge in [0.15, 0.2) is 0 Å². The summed E-state index contributed by atoms with van der Waals surface area (Å²) < 4.78 is 39.5. The van der Waals surface area contributed by atoms with Crippen LogP contribution >= 0.6 is 0 Å². The lowest BCUT2D eigenvalue weighted by Gasteiger charge is -2.36. The summed E-state index contributed by atoms with van der Waals surface area (Å²) in [4.78, 5) is 28.3. The maximum absolute atomic E-state index is 13.2. The predicted molar refractivity (Wildman–Crippen MR) is 108 cm³/mol. The van der Waals surface area contributed by atoms with E-state index in [0.717, 1.165) is 17.0 Å². The van der Waals surface area contributed by atoms with Gasteiger partial charge in [0.05, 0.1) is 34.5 Å². The van der Waals surface area contributed by atoms with Crippen LogP contribution in [-0.2, 0) is 11.0 Å². The molecule has 0 fully saturated rings. The molecule has 0 spiro atoms. The van der Waals surface area contributed by atoms with Crippen LogP contribution in [0.15, 0.2) is 59.8 Å². The van der Waals surface area contributed by atoms with E-state index >= 15 is 0 Å². The zero-order valence-electron chi connectivity index (χ0n) is 17.0. The fourth-order valence-corrected chi connectivity index (χ4v) is 3.39. The Labute approximate surface area is 177 Å². The molecule has 2 aromatic carbocycles. The molecule has 1 aliphatic rings. The van der Waals surface area contributed by atoms with Gasteiger partial charge in [-0.2, -0.15) is 18.4 Å². The Kier molecular flexibility index (Phi) is 5.75. The van der Waals surface area contributed by atoms with E-state index in [1.807, 2.05) is 6.07 Å². The monoisotopic (exact) mass is 428 g/mol. The molecule has 9 heteroatoms. The lowest BCUT2D eigenvalue weighted by molar-refractivity contribution is -0.137. The van der Waals surface area contributed by atoms with Gasteiger partial charge in [0.2, 0.25) is 0 Å². The van der Waals surface area contributed by atoms with Gasteiger partial charge in [-0.3, -0.25) is 9.69 Å². The normalized spacial score (nSPS) is 16.6. The largest absolute Gasteiger partial charge is 0.416 e. The summed E-state index contributed by atoms with van der Waals surface area (Å²) in [7, 11) is 3.09. The number of likely N-dealkylation sites (N-methyl/N-ethyl adjacent to an activating group) is 1. The van der Waals surface area contributed by atoms with Gasteiger partial charge in [-0.25, -0.2) is 4.79 Å². The number of hydrogen-bond acceptors (Lipinski definition) is 3. The van der Waals surface area contributed by atoms with Gasteiger partial charge in [-0.15, -0.1) is 0 Å². The molecule has 1 N–H and O–H groups in total. The number of amides is 3. The molecule has 6 nitrogen and oxygen atoms in total. The van der Waals surface area contributed by atoms with Gasteiger partial charge in [-0.05, 0) is 42.8 Å². The molecular weight excluding hydrogens is 409 g/mol. The van der Waals surface area contributed by atoms with E-state index in [2.05, 4.69) is 5.32 Å². The highest BCUT2D eigenvalue weighted by Crippen LogP contribution is 2.37. The van der Waals surface area contributed by atoms with E-state index in [1.54, 1.807) is 38.4 Å². The van der Waals surface area contributed by atoms with Crippen LogP contribution in [0.3, 0.4) is 0 Å². The molecule has 0 aromatic heterocycles. The van der Waals surface area contributed by atoms with Crippen LogP contribution in [0, 0.1) is 11.3 Å². The third-order valence-corrected chi connectivity index (χ3v) is 4.93. The van der Waals surface area contributed by atoms with Crippen molar-refractivity contribution in [3.8, 4) is 6.07 Å². The third-order valence-electron chi connectivity index (χ3n) is 4.93. The van der Waals surface area contributed by atoms with Crippen molar-refractivity contribution >= 4 is 17.6 Å². The number of alkyl halides is 3. The molecular formula is C22H19F3N4O2. The summed E-state index contributed by atoms with van der Waals surface area (Å²) >= 11 is 0. The molecule has 1 heterocycles. The number of carbonyl (C=O) groups is 2. The molecule has 2 aromatic rings. The van der Waals surface area contributed by atoms with Crippen LogP contribution in [0.1, 0.15) is 29.7 Å². The second-order valence-corrected chi connectivity index (χ2v) is 7.20. The molecule has 0 saturated heterocycles. The summed E-state index contributed by atoms with van der Waals surface area (Å²) in [6, 6.07) is 11.2. The van der Waals surface area contributed by atoms with Crippen molar-refractivity contribution in [2.24, 2.45) is 0 Å². The molecule has 1 aliphatic heterocycles. The Balaban J connectivity index is 2.15. The van der Waals surface area contributed by atoms with Gasteiger partial charge in [0, 0.05) is 19.8 Å². The Hall–Kier alpha value is -3.80. The highest BCUT2D eigenvalue weighted by Gasteiger charge is 2.38. The second-order valence-electron chi connectivity index (χ2n) is 7.20. The fraction of sp³-hybridized carbons (Fsp3) is 0.227. The molecule has 3 rings (SSSR count). The number of halogens is 3. The van der Waals surface area contributed by atoms with Crippen LogP contribution in [0.5, 0.6) is 0 Å². The predicted octanol–water partition coefficient (Wildman–Crippen LogP) is 4.21. The molecule has 31 heavy (non-hydrogen) atoms. The number of nitriles is 1. The summed E-state index contributed by atoms with van der Waals surface area (Å²) in [6.07, 6.45) is -4.58. The zero-order valence-corrected chi connectivity index (χ0v) is 17.0. The Morgan fingerprint density at radius 1 is 1.16 bits per heavy atom. The van der Waals surface area contributed by atoms with E-state index in [9.17, 15) is 22.8 Å². The number of hydrogen-bond donors (Lipinski definition) is 1. The maximum Gasteiger partial charge on any atom is 0.416 e. The van der Waals surface area contributed by atoms with E-state index in [4.69, 9.17) is 5.26 Å². The Bertz CT molecular complexity index is 1100. The van der Waals surface area contributed by atoms with Crippen LogP contribution in [-0.4, -0.2) is 30.9 Å².